The zero-order valence-electron chi connectivity index (χ0n) is 15.0. The van der Waals surface area contributed by atoms with Crippen LogP contribution in [0.25, 0.3) is 11.5 Å². The van der Waals surface area contributed by atoms with Crippen molar-refractivity contribution in [3.05, 3.63) is 71.6 Å². The van der Waals surface area contributed by atoms with Crippen molar-refractivity contribution in [2.45, 2.75) is 6.54 Å². The van der Waals surface area contributed by atoms with E-state index in [4.69, 9.17) is 4.52 Å². The lowest BCUT2D eigenvalue weighted by atomic mass is 10.1. The van der Waals surface area contributed by atoms with E-state index in [1.54, 1.807) is 29.2 Å². The molecule has 1 aliphatic heterocycles. The number of carbonyl (C=O) groups is 1. The fraction of sp³-hybridized carbons (Fsp3) is 0.250. The third-order valence-electron chi connectivity index (χ3n) is 4.67. The maximum absolute atomic E-state index is 13.8. The molecule has 0 saturated carbocycles. The molecule has 0 spiro atoms. The van der Waals surface area contributed by atoms with Crippen molar-refractivity contribution < 1.29 is 18.1 Å². The molecule has 1 amide bonds. The predicted octanol–water partition coefficient (Wildman–Crippen LogP) is 2.97. The van der Waals surface area contributed by atoms with Gasteiger partial charge in [0.05, 0.1) is 12.1 Å². The number of aromatic nitrogens is 2. The molecule has 1 aliphatic rings. The molecule has 1 saturated heterocycles. The summed E-state index contributed by atoms with van der Waals surface area (Å²) in [5, 5.41) is 3.95. The van der Waals surface area contributed by atoms with Crippen molar-refractivity contribution in [3.8, 4) is 11.5 Å². The maximum atomic E-state index is 13.8. The lowest BCUT2D eigenvalue weighted by Crippen LogP contribution is -2.48. The zero-order chi connectivity index (χ0) is 19.5. The molecule has 8 heteroatoms. The van der Waals surface area contributed by atoms with Crippen LogP contribution in [-0.4, -0.2) is 52.0 Å². The number of hydrogen-bond donors (Lipinski definition) is 0. The van der Waals surface area contributed by atoms with Gasteiger partial charge in [-0.3, -0.25) is 9.69 Å². The van der Waals surface area contributed by atoms with Gasteiger partial charge in [-0.25, -0.2) is 8.78 Å². The monoisotopic (exact) mass is 384 g/mol. The molecular formula is C20H18F2N4O2. The van der Waals surface area contributed by atoms with Gasteiger partial charge in [0.25, 0.3) is 11.8 Å². The van der Waals surface area contributed by atoms with Gasteiger partial charge in [-0.05, 0) is 30.3 Å². The first kappa shape index (κ1) is 18.2. The van der Waals surface area contributed by atoms with Crippen molar-refractivity contribution >= 4 is 5.91 Å². The second-order valence-corrected chi connectivity index (χ2v) is 6.57. The smallest absolute Gasteiger partial charge is 0.258 e. The summed E-state index contributed by atoms with van der Waals surface area (Å²) in [6.45, 7) is 2.66. The van der Waals surface area contributed by atoms with Crippen molar-refractivity contribution in [2.75, 3.05) is 26.2 Å². The van der Waals surface area contributed by atoms with Crippen LogP contribution in [0, 0.1) is 11.6 Å². The highest BCUT2D eigenvalue weighted by Crippen LogP contribution is 2.19. The largest absolute Gasteiger partial charge is 0.336 e. The van der Waals surface area contributed by atoms with E-state index in [1.807, 2.05) is 0 Å². The molecule has 0 unspecified atom stereocenters. The van der Waals surface area contributed by atoms with Gasteiger partial charge in [-0.2, -0.15) is 4.98 Å². The minimum absolute atomic E-state index is 0.0915. The van der Waals surface area contributed by atoms with Gasteiger partial charge in [-0.1, -0.05) is 23.4 Å². The molecule has 144 valence electrons. The van der Waals surface area contributed by atoms with E-state index in [0.717, 1.165) is 0 Å². The van der Waals surface area contributed by atoms with Crippen LogP contribution in [0.1, 0.15) is 16.2 Å². The summed E-state index contributed by atoms with van der Waals surface area (Å²) in [5.41, 5.74) is 0.618. The molecule has 2 aromatic carbocycles. The number of hydrogen-bond acceptors (Lipinski definition) is 5. The fourth-order valence-electron chi connectivity index (χ4n) is 3.17. The SMILES string of the molecule is O=C(c1ccccc1F)N1CCN(Cc2noc(-c3cccc(F)c3)n2)CC1. The van der Waals surface area contributed by atoms with Gasteiger partial charge < -0.3 is 9.42 Å². The Morgan fingerprint density at radius 1 is 1.04 bits per heavy atom. The summed E-state index contributed by atoms with van der Waals surface area (Å²) < 4.78 is 32.4. The lowest BCUT2D eigenvalue weighted by molar-refractivity contribution is 0.0620. The van der Waals surface area contributed by atoms with Crippen LogP contribution in [-0.2, 0) is 6.54 Å². The molecule has 3 aromatic rings. The molecule has 0 atom stereocenters. The van der Waals surface area contributed by atoms with Crippen molar-refractivity contribution in [1.82, 2.24) is 19.9 Å². The van der Waals surface area contributed by atoms with Gasteiger partial charge in [-0.15, -0.1) is 0 Å². The van der Waals surface area contributed by atoms with Gasteiger partial charge in [0, 0.05) is 31.7 Å². The maximum Gasteiger partial charge on any atom is 0.258 e. The normalized spacial score (nSPS) is 15.0. The first-order valence-corrected chi connectivity index (χ1v) is 8.95. The standard InChI is InChI=1S/C20H18F2N4O2/c21-15-5-3-4-14(12-15)19-23-18(24-28-19)13-25-8-10-26(11-9-25)20(27)16-6-1-2-7-17(16)22/h1-7,12H,8-11,13H2. The first-order valence-electron chi connectivity index (χ1n) is 8.95. The second-order valence-electron chi connectivity index (χ2n) is 6.57. The Kier molecular flexibility index (Phi) is 5.12. The van der Waals surface area contributed by atoms with Crippen molar-refractivity contribution in [1.29, 1.82) is 0 Å². The molecule has 2 heterocycles. The third kappa shape index (κ3) is 3.91. The number of benzene rings is 2. The molecule has 0 aliphatic carbocycles. The van der Waals surface area contributed by atoms with Crippen LogP contribution < -0.4 is 0 Å². The summed E-state index contributed by atoms with van der Waals surface area (Å²) in [5.74, 6) is -0.416. The number of amides is 1. The third-order valence-corrected chi connectivity index (χ3v) is 4.67. The first-order chi connectivity index (χ1) is 13.6. The van der Waals surface area contributed by atoms with E-state index in [0.29, 0.717) is 44.1 Å². The Hall–Kier alpha value is -3.13. The van der Waals surface area contributed by atoms with E-state index in [-0.39, 0.29) is 23.2 Å². The molecule has 6 nitrogen and oxygen atoms in total. The second kappa shape index (κ2) is 7.85. The number of carbonyl (C=O) groups excluding carboxylic acids is 1. The molecular weight excluding hydrogens is 366 g/mol. The quantitative estimate of drug-likeness (QED) is 0.692. The van der Waals surface area contributed by atoms with Crippen molar-refractivity contribution in [3.63, 3.8) is 0 Å². The molecule has 0 radical (unpaired) electrons. The van der Waals surface area contributed by atoms with Crippen LogP contribution in [0.2, 0.25) is 0 Å². The number of piperazine rings is 1. The lowest BCUT2D eigenvalue weighted by Gasteiger charge is -2.34. The van der Waals surface area contributed by atoms with Crippen LogP contribution in [0.5, 0.6) is 0 Å². The van der Waals surface area contributed by atoms with Crippen molar-refractivity contribution in [2.24, 2.45) is 0 Å². The molecule has 28 heavy (non-hydrogen) atoms. The summed E-state index contributed by atoms with van der Waals surface area (Å²) in [7, 11) is 0. The van der Waals surface area contributed by atoms with Crippen LogP contribution in [0.3, 0.4) is 0 Å². The molecule has 0 bridgehead atoms. The number of halogens is 2. The Morgan fingerprint density at radius 3 is 2.57 bits per heavy atom. The topological polar surface area (TPSA) is 62.5 Å². The average molecular weight is 384 g/mol. The van der Waals surface area contributed by atoms with Gasteiger partial charge in [0.2, 0.25) is 0 Å². The Labute approximate surface area is 160 Å². The summed E-state index contributed by atoms with van der Waals surface area (Å²) in [6, 6.07) is 12.0. The van der Waals surface area contributed by atoms with Crippen LogP contribution in [0.4, 0.5) is 8.78 Å². The highest BCUT2D eigenvalue weighted by molar-refractivity contribution is 5.94. The molecule has 0 N–H and O–H groups in total. The predicted molar refractivity (Wildman–Crippen MR) is 97.3 cm³/mol. The summed E-state index contributed by atoms with van der Waals surface area (Å²) >= 11 is 0. The number of nitrogens with zero attached hydrogens (tertiary/aromatic N) is 4. The van der Waals surface area contributed by atoms with Gasteiger partial charge in [0.15, 0.2) is 5.82 Å². The summed E-state index contributed by atoms with van der Waals surface area (Å²) in [4.78, 5) is 20.5. The van der Waals surface area contributed by atoms with E-state index < -0.39 is 5.82 Å². The Balaban J connectivity index is 1.35. The molecule has 1 fully saturated rings. The van der Waals surface area contributed by atoms with E-state index >= 15 is 0 Å². The van der Waals surface area contributed by atoms with Gasteiger partial charge >= 0.3 is 0 Å². The van der Waals surface area contributed by atoms with E-state index in [1.165, 1.54) is 24.3 Å². The van der Waals surface area contributed by atoms with Gasteiger partial charge in [0.1, 0.15) is 11.6 Å². The minimum Gasteiger partial charge on any atom is -0.336 e. The Bertz CT molecular complexity index is 984. The summed E-state index contributed by atoms with van der Waals surface area (Å²) in [6.07, 6.45) is 0. The molecule has 4 rings (SSSR count). The Morgan fingerprint density at radius 2 is 1.82 bits per heavy atom. The highest BCUT2D eigenvalue weighted by Gasteiger charge is 2.24. The average Bonchev–Trinajstić information content (AvgIpc) is 3.17. The van der Waals surface area contributed by atoms with Crippen LogP contribution in [0.15, 0.2) is 53.1 Å². The van der Waals surface area contributed by atoms with E-state index in [9.17, 15) is 13.6 Å². The van der Waals surface area contributed by atoms with Crippen LogP contribution >= 0.6 is 0 Å². The number of rotatable bonds is 4. The molecule has 1 aromatic heterocycles. The highest BCUT2D eigenvalue weighted by atomic mass is 19.1. The minimum atomic E-state index is -0.508. The fourth-order valence-corrected chi connectivity index (χ4v) is 3.17. The zero-order valence-corrected chi connectivity index (χ0v) is 15.0. The van der Waals surface area contributed by atoms with E-state index in [2.05, 4.69) is 15.0 Å².